The van der Waals surface area contributed by atoms with Crippen LogP contribution in [0.4, 0.5) is 0 Å². The zero-order valence-corrected chi connectivity index (χ0v) is 21.6. The van der Waals surface area contributed by atoms with Gasteiger partial charge in [-0.05, 0) is 19.3 Å². The van der Waals surface area contributed by atoms with E-state index in [2.05, 4.69) is 21.0 Å². The quantitative estimate of drug-likeness (QED) is 0.132. The fraction of sp³-hybridized carbons (Fsp3) is 1.00. The topological polar surface area (TPSA) is 58.6 Å². The Kier molecular flexibility index (Phi) is 12.1. The fourth-order valence-corrected chi connectivity index (χ4v) is 7.03. The predicted octanol–water partition coefficient (Wildman–Crippen LogP) is 7.09. The predicted molar refractivity (Wildman–Crippen MR) is 127 cm³/mol. The average molecular weight is 460 g/mol. The highest BCUT2D eigenvalue weighted by atomic mass is 31.2. The minimum Gasteiger partial charge on any atom is -0.756 e. The third-order valence-corrected chi connectivity index (χ3v) is 8.68. The molecule has 0 aromatic carbocycles. The molecule has 0 saturated carbocycles. The smallest absolute Gasteiger partial charge is 0.273 e. The van der Waals surface area contributed by atoms with Gasteiger partial charge in [0.2, 0.25) is 5.72 Å². The molecule has 184 valence electrons. The number of likely N-dealkylation sites (N-methyl/N-ethyl adjacent to an activating group) is 1. The first-order valence-electron chi connectivity index (χ1n) is 13.4. The van der Waals surface area contributed by atoms with Gasteiger partial charge >= 0.3 is 0 Å². The van der Waals surface area contributed by atoms with Crippen LogP contribution in [0.3, 0.4) is 0 Å². The first kappa shape index (κ1) is 27.3. The highest BCUT2D eigenvalue weighted by Crippen LogP contribution is 2.60. The number of unbranched alkanes of at least 4 members (excludes halogenated alkanes) is 15. The number of hydrogen-bond acceptors (Lipinski definition) is 4. The lowest BCUT2D eigenvalue weighted by Gasteiger charge is -2.50. The van der Waals surface area contributed by atoms with Crippen LogP contribution in [0, 0.1) is 0 Å². The molecule has 6 heteroatoms. The van der Waals surface area contributed by atoms with E-state index in [0.717, 1.165) is 38.6 Å². The molecule has 2 saturated heterocycles. The standard InChI is InChI=1S/C25H50NO4P/c1-4-5-6-7-8-9-10-11-12-13-14-15-16-17-18-19-22-25-24(29-31(27,28)30-25)21-20-23-26(25,2)3/h24H,4-23H2,1-3H3. The van der Waals surface area contributed by atoms with Crippen LogP contribution in [-0.2, 0) is 13.6 Å². The highest BCUT2D eigenvalue weighted by Gasteiger charge is 2.62. The summed E-state index contributed by atoms with van der Waals surface area (Å²) in [6.45, 7) is 3.22. The first-order chi connectivity index (χ1) is 14.8. The maximum atomic E-state index is 12.0. The summed E-state index contributed by atoms with van der Waals surface area (Å²) < 4.78 is 23.6. The number of quaternary nitrogens is 1. The number of phosphoric acid groups is 1. The van der Waals surface area contributed by atoms with E-state index in [4.69, 9.17) is 9.05 Å². The van der Waals surface area contributed by atoms with Gasteiger partial charge in [-0.25, -0.2) is 0 Å². The van der Waals surface area contributed by atoms with Crippen molar-refractivity contribution in [3.05, 3.63) is 0 Å². The van der Waals surface area contributed by atoms with Crippen LogP contribution < -0.4 is 4.89 Å². The lowest BCUT2D eigenvalue weighted by molar-refractivity contribution is -0.970. The van der Waals surface area contributed by atoms with E-state index in [1.54, 1.807) is 0 Å². The maximum Gasteiger partial charge on any atom is 0.273 e. The molecule has 0 amide bonds. The highest BCUT2D eigenvalue weighted by molar-refractivity contribution is 7.46. The minimum atomic E-state index is -4.15. The van der Waals surface area contributed by atoms with Crippen molar-refractivity contribution >= 4 is 7.82 Å². The Bertz CT molecular complexity index is 542. The second-order valence-electron chi connectivity index (χ2n) is 10.6. The second-order valence-corrected chi connectivity index (χ2v) is 11.9. The molecule has 0 aromatic heterocycles. The van der Waals surface area contributed by atoms with Gasteiger partial charge in [0.1, 0.15) is 6.10 Å². The van der Waals surface area contributed by atoms with Crippen molar-refractivity contribution in [1.29, 1.82) is 0 Å². The molecule has 0 radical (unpaired) electrons. The molecular formula is C25H50NO4P. The molecule has 5 nitrogen and oxygen atoms in total. The second kappa shape index (κ2) is 13.7. The summed E-state index contributed by atoms with van der Waals surface area (Å²) in [4.78, 5) is 12.0. The van der Waals surface area contributed by atoms with Gasteiger partial charge in [-0.1, -0.05) is 103 Å². The van der Waals surface area contributed by atoms with Gasteiger partial charge in [-0.2, -0.15) is 0 Å². The van der Waals surface area contributed by atoms with Gasteiger partial charge in [-0.3, -0.25) is 13.6 Å². The van der Waals surface area contributed by atoms with Crippen LogP contribution in [-0.4, -0.2) is 37.0 Å². The van der Waals surface area contributed by atoms with Crippen LogP contribution in [0.1, 0.15) is 129 Å². The van der Waals surface area contributed by atoms with Gasteiger partial charge in [0.05, 0.1) is 20.6 Å². The number of nitrogens with zero attached hydrogens (tertiary/aromatic N) is 1. The Morgan fingerprint density at radius 1 is 0.839 bits per heavy atom. The number of fused-ring (bicyclic) bond motifs is 1. The third kappa shape index (κ3) is 8.74. The molecule has 0 N–H and O–H groups in total. The zero-order valence-electron chi connectivity index (χ0n) is 20.7. The van der Waals surface area contributed by atoms with Crippen molar-refractivity contribution < 1.29 is 23.0 Å². The maximum absolute atomic E-state index is 12.0. The first-order valence-corrected chi connectivity index (χ1v) is 14.8. The SMILES string of the molecule is CCCCCCCCCCCCCCCCCCC12OP(=O)([O-])OC1CCC[N+]2(C)C. The summed E-state index contributed by atoms with van der Waals surface area (Å²) in [5.74, 6) is 0. The number of piperidine rings is 1. The van der Waals surface area contributed by atoms with E-state index in [1.807, 2.05) is 0 Å². The van der Waals surface area contributed by atoms with Gasteiger partial charge < -0.3 is 9.42 Å². The van der Waals surface area contributed by atoms with E-state index in [-0.39, 0.29) is 6.10 Å². The average Bonchev–Trinajstić information content (AvgIpc) is 2.99. The lowest BCUT2D eigenvalue weighted by atomic mass is 9.88. The van der Waals surface area contributed by atoms with Crippen molar-refractivity contribution in [2.45, 2.75) is 141 Å². The van der Waals surface area contributed by atoms with Crippen molar-refractivity contribution in [2.24, 2.45) is 0 Å². The Labute approximate surface area is 192 Å². The summed E-state index contributed by atoms with van der Waals surface area (Å²) >= 11 is 0. The van der Waals surface area contributed by atoms with Crippen molar-refractivity contribution in [1.82, 2.24) is 0 Å². The minimum absolute atomic E-state index is 0.309. The molecule has 0 spiro atoms. The number of likely N-dealkylation sites (tertiary alicyclic amines) is 1. The van der Waals surface area contributed by atoms with Crippen LogP contribution >= 0.6 is 7.82 Å². The molecule has 3 atom stereocenters. The molecule has 2 aliphatic rings. The molecule has 0 aliphatic carbocycles. The molecule has 3 unspecified atom stereocenters. The summed E-state index contributed by atoms with van der Waals surface area (Å²) in [5, 5.41) is 0. The Balaban J connectivity index is 1.48. The number of hydrogen-bond donors (Lipinski definition) is 0. The van der Waals surface area contributed by atoms with Crippen LogP contribution in [0.15, 0.2) is 0 Å². The zero-order chi connectivity index (χ0) is 22.6. The third-order valence-electron chi connectivity index (χ3n) is 7.63. The van der Waals surface area contributed by atoms with Crippen molar-refractivity contribution in [3.63, 3.8) is 0 Å². The van der Waals surface area contributed by atoms with Crippen LogP contribution in [0.25, 0.3) is 0 Å². The van der Waals surface area contributed by atoms with E-state index in [9.17, 15) is 9.46 Å². The summed E-state index contributed by atoms with van der Waals surface area (Å²) in [6.07, 6.45) is 23.7. The van der Waals surface area contributed by atoms with E-state index in [1.165, 1.54) is 89.9 Å². The molecule has 31 heavy (non-hydrogen) atoms. The van der Waals surface area contributed by atoms with E-state index < -0.39 is 13.5 Å². The molecule has 0 aromatic rings. The lowest BCUT2D eigenvalue weighted by Crippen LogP contribution is -2.67. The Hall–Kier alpha value is 0.0700. The van der Waals surface area contributed by atoms with Crippen molar-refractivity contribution in [3.8, 4) is 0 Å². The monoisotopic (exact) mass is 459 g/mol. The van der Waals surface area contributed by atoms with E-state index in [0.29, 0.717) is 4.48 Å². The van der Waals surface area contributed by atoms with Crippen molar-refractivity contribution in [2.75, 3.05) is 20.6 Å². The van der Waals surface area contributed by atoms with Gasteiger partial charge in [0.15, 0.2) is 0 Å². The van der Waals surface area contributed by atoms with Gasteiger partial charge in [0.25, 0.3) is 7.82 Å². The van der Waals surface area contributed by atoms with Crippen LogP contribution in [0.2, 0.25) is 0 Å². The molecule has 2 aliphatic heterocycles. The van der Waals surface area contributed by atoms with E-state index >= 15 is 0 Å². The van der Waals surface area contributed by atoms with Crippen LogP contribution in [0.5, 0.6) is 0 Å². The largest absolute Gasteiger partial charge is 0.756 e. The Morgan fingerprint density at radius 2 is 1.29 bits per heavy atom. The number of rotatable bonds is 17. The van der Waals surface area contributed by atoms with Gasteiger partial charge in [-0.15, -0.1) is 0 Å². The molecule has 2 heterocycles. The summed E-state index contributed by atoms with van der Waals surface area (Å²) in [6, 6.07) is 0. The van der Waals surface area contributed by atoms with Gasteiger partial charge in [0, 0.05) is 6.42 Å². The number of phosphoric ester groups is 1. The fourth-order valence-electron chi connectivity index (χ4n) is 5.59. The molecule has 2 fully saturated rings. The molecular weight excluding hydrogens is 409 g/mol. The summed E-state index contributed by atoms with van der Waals surface area (Å²) in [5.41, 5.74) is -0.703. The summed E-state index contributed by atoms with van der Waals surface area (Å²) in [7, 11) is 0.0304. The molecule has 0 bridgehead atoms. The Morgan fingerprint density at radius 3 is 1.77 bits per heavy atom. The molecule has 2 rings (SSSR count). The normalized spacial score (nSPS) is 29.9.